The lowest BCUT2D eigenvalue weighted by atomic mass is 10.1. The summed E-state index contributed by atoms with van der Waals surface area (Å²) in [4.78, 5) is 17.8. The van der Waals surface area contributed by atoms with Crippen molar-refractivity contribution in [3.63, 3.8) is 0 Å². The highest BCUT2D eigenvalue weighted by molar-refractivity contribution is 14.0. The van der Waals surface area contributed by atoms with Gasteiger partial charge in [0.15, 0.2) is 5.96 Å². The molecular weight excluding hydrogens is 499 g/mol. The van der Waals surface area contributed by atoms with Crippen molar-refractivity contribution in [1.29, 1.82) is 0 Å². The smallest absolute Gasteiger partial charge is 0.243 e. The Morgan fingerprint density at radius 1 is 1.07 bits per heavy atom. The maximum absolute atomic E-state index is 11.8. The van der Waals surface area contributed by atoms with Crippen molar-refractivity contribution >= 4 is 47.6 Å². The van der Waals surface area contributed by atoms with Crippen LogP contribution in [0.15, 0.2) is 29.3 Å². The first kappa shape index (κ1) is 27.8. The van der Waals surface area contributed by atoms with Crippen LogP contribution in [0.5, 0.6) is 5.75 Å². The van der Waals surface area contributed by atoms with Crippen molar-refractivity contribution in [2.45, 2.75) is 32.1 Å². The molecule has 0 heterocycles. The molecule has 0 radical (unpaired) electrons. The maximum Gasteiger partial charge on any atom is 0.243 e. The summed E-state index contributed by atoms with van der Waals surface area (Å²) in [5, 5.41) is 6.69. The van der Waals surface area contributed by atoms with Crippen molar-refractivity contribution in [2.75, 3.05) is 52.8 Å². The number of guanidine groups is 1. The second-order valence-corrected chi connectivity index (χ2v) is 7.80. The van der Waals surface area contributed by atoms with E-state index in [1.807, 2.05) is 23.9 Å². The topological polar surface area (TPSA) is 66.0 Å². The monoisotopic (exact) mass is 536 g/mol. The molecule has 1 amide bonds. The predicted molar refractivity (Wildman–Crippen MR) is 136 cm³/mol. The molecule has 0 aliphatic heterocycles. The lowest BCUT2D eigenvalue weighted by Gasteiger charge is -2.14. The van der Waals surface area contributed by atoms with E-state index in [9.17, 15) is 4.79 Å². The van der Waals surface area contributed by atoms with Crippen molar-refractivity contribution in [3.05, 3.63) is 29.8 Å². The molecule has 1 aromatic carbocycles. The standard InChI is InChI=1S/C21H36N4O2S.HI/c1-25(2)20(26)17-24-21(22-14-7-5-6-8-16-28-4)23-15-13-18-9-11-19(27-3)12-10-18;/h9-12H,5-8,13-17H2,1-4H3,(H2,22,23,24);1H. The number of nitrogens with zero attached hydrogens (tertiary/aromatic N) is 2. The third kappa shape index (κ3) is 13.6. The molecule has 0 saturated heterocycles. The minimum Gasteiger partial charge on any atom is -0.497 e. The van der Waals surface area contributed by atoms with Crippen molar-refractivity contribution in [2.24, 2.45) is 4.99 Å². The van der Waals surface area contributed by atoms with Crippen LogP contribution in [-0.4, -0.2) is 69.6 Å². The first-order chi connectivity index (χ1) is 13.6. The van der Waals surface area contributed by atoms with Crippen LogP contribution >= 0.6 is 35.7 Å². The molecule has 166 valence electrons. The highest BCUT2D eigenvalue weighted by atomic mass is 127. The van der Waals surface area contributed by atoms with E-state index in [0.717, 1.165) is 31.7 Å². The third-order valence-electron chi connectivity index (χ3n) is 4.30. The number of hydrogen-bond donors (Lipinski definition) is 2. The van der Waals surface area contributed by atoms with Gasteiger partial charge in [-0.2, -0.15) is 11.8 Å². The molecule has 0 aliphatic carbocycles. The summed E-state index contributed by atoms with van der Waals surface area (Å²) in [5.41, 5.74) is 1.23. The number of carbonyl (C=O) groups excluding carboxylic acids is 1. The van der Waals surface area contributed by atoms with E-state index in [-0.39, 0.29) is 36.4 Å². The largest absolute Gasteiger partial charge is 0.497 e. The summed E-state index contributed by atoms with van der Waals surface area (Å²) in [5.74, 6) is 2.79. The van der Waals surface area contributed by atoms with Gasteiger partial charge in [-0.25, -0.2) is 4.99 Å². The molecule has 0 spiro atoms. The van der Waals surface area contributed by atoms with E-state index >= 15 is 0 Å². The van der Waals surface area contributed by atoms with Gasteiger partial charge in [0, 0.05) is 27.2 Å². The molecule has 0 saturated carbocycles. The number of rotatable bonds is 13. The van der Waals surface area contributed by atoms with Crippen LogP contribution in [0.3, 0.4) is 0 Å². The van der Waals surface area contributed by atoms with Gasteiger partial charge in [0.05, 0.1) is 7.11 Å². The highest BCUT2D eigenvalue weighted by Crippen LogP contribution is 2.11. The van der Waals surface area contributed by atoms with E-state index in [4.69, 9.17) is 4.74 Å². The van der Waals surface area contributed by atoms with Crippen LogP contribution in [0.1, 0.15) is 31.2 Å². The number of carbonyl (C=O) groups is 1. The van der Waals surface area contributed by atoms with Crippen molar-refractivity contribution in [3.8, 4) is 5.75 Å². The van der Waals surface area contributed by atoms with Gasteiger partial charge in [-0.05, 0) is 49.0 Å². The normalized spacial score (nSPS) is 10.8. The molecule has 6 nitrogen and oxygen atoms in total. The summed E-state index contributed by atoms with van der Waals surface area (Å²) < 4.78 is 5.19. The third-order valence-corrected chi connectivity index (χ3v) is 5.00. The molecular formula is C21H37IN4O2S. The molecule has 0 fully saturated rings. The van der Waals surface area contributed by atoms with Crippen LogP contribution < -0.4 is 15.4 Å². The fraction of sp³-hybridized carbons (Fsp3) is 0.619. The van der Waals surface area contributed by atoms with E-state index < -0.39 is 0 Å². The van der Waals surface area contributed by atoms with E-state index in [1.54, 1.807) is 26.1 Å². The summed E-state index contributed by atoms with van der Waals surface area (Å²) in [6.07, 6.45) is 7.88. The Hall–Kier alpha value is -1.16. The van der Waals surface area contributed by atoms with Gasteiger partial charge in [0.25, 0.3) is 0 Å². The molecule has 8 heteroatoms. The van der Waals surface area contributed by atoms with Crippen LogP contribution in [0, 0.1) is 0 Å². The average molecular weight is 537 g/mol. The number of hydrogen-bond acceptors (Lipinski definition) is 4. The van der Waals surface area contributed by atoms with Gasteiger partial charge >= 0.3 is 0 Å². The average Bonchev–Trinajstić information content (AvgIpc) is 2.70. The molecule has 0 aliphatic rings. The number of thioether (sulfide) groups is 1. The summed E-state index contributed by atoms with van der Waals surface area (Å²) in [6.45, 7) is 1.77. The molecule has 0 aromatic heterocycles. The van der Waals surface area contributed by atoms with Crippen molar-refractivity contribution < 1.29 is 9.53 Å². The number of aliphatic imine (C=N–C) groups is 1. The second kappa shape index (κ2) is 17.7. The number of likely N-dealkylation sites (N-methyl/N-ethyl adjacent to an activating group) is 1. The molecule has 2 N–H and O–H groups in total. The van der Waals surface area contributed by atoms with Gasteiger partial charge in [-0.3, -0.25) is 4.79 Å². The van der Waals surface area contributed by atoms with Gasteiger partial charge in [-0.1, -0.05) is 25.0 Å². The summed E-state index contributed by atoms with van der Waals surface area (Å²) >= 11 is 1.90. The molecule has 0 atom stereocenters. The first-order valence-corrected chi connectivity index (χ1v) is 11.3. The second-order valence-electron chi connectivity index (χ2n) is 6.81. The molecule has 0 bridgehead atoms. The van der Waals surface area contributed by atoms with Crippen LogP contribution in [0.2, 0.25) is 0 Å². The first-order valence-electron chi connectivity index (χ1n) is 9.91. The number of nitrogens with one attached hydrogen (secondary N) is 2. The van der Waals surface area contributed by atoms with Gasteiger partial charge in [0.1, 0.15) is 12.3 Å². The highest BCUT2D eigenvalue weighted by Gasteiger charge is 2.04. The maximum atomic E-state index is 11.8. The number of benzene rings is 1. The lowest BCUT2D eigenvalue weighted by Crippen LogP contribution is -2.40. The number of ether oxygens (including phenoxy) is 1. The van der Waals surface area contributed by atoms with Crippen LogP contribution in [0.25, 0.3) is 0 Å². The zero-order valence-corrected chi connectivity index (χ0v) is 21.3. The van der Waals surface area contributed by atoms with E-state index in [1.165, 1.54) is 30.6 Å². The fourth-order valence-corrected chi connectivity index (χ4v) is 3.00. The minimum absolute atomic E-state index is 0. The Morgan fingerprint density at radius 3 is 2.34 bits per heavy atom. The summed E-state index contributed by atoms with van der Waals surface area (Å²) in [6, 6.07) is 8.06. The number of amides is 1. The number of halogens is 1. The number of unbranched alkanes of at least 4 members (excludes halogenated alkanes) is 3. The predicted octanol–water partition coefficient (Wildman–Crippen LogP) is 3.40. The Kier molecular flexibility index (Phi) is 17.0. The Labute approximate surface area is 197 Å². The van der Waals surface area contributed by atoms with Gasteiger partial charge in [-0.15, -0.1) is 24.0 Å². The van der Waals surface area contributed by atoms with Crippen molar-refractivity contribution in [1.82, 2.24) is 15.5 Å². The quantitative estimate of drug-likeness (QED) is 0.175. The summed E-state index contributed by atoms with van der Waals surface area (Å²) in [7, 11) is 5.16. The molecule has 0 unspecified atom stereocenters. The Balaban J connectivity index is 0.00000784. The fourth-order valence-electron chi connectivity index (χ4n) is 2.51. The Morgan fingerprint density at radius 2 is 1.72 bits per heavy atom. The lowest BCUT2D eigenvalue weighted by molar-refractivity contribution is -0.127. The minimum atomic E-state index is -0.00619. The SMILES string of the molecule is COc1ccc(CCNC(=NCC(=O)N(C)C)NCCCCCCSC)cc1.I. The zero-order valence-electron chi connectivity index (χ0n) is 18.2. The molecule has 1 rings (SSSR count). The van der Waals surface area contributed by atoms with Gasteiger partial charge in [0.2, 0.25) is 5.91 Å². The van der Waals surface area contributed by atoms with Crippen LogP contribution in [0.4, 0.5) is 0 Å². The molecule has 29 heavy (non-hydrogen) atoms. The Bertz CT molecular complexity index is 583. The van der Waals surface area contributed by atoms with Crippen LogP contribution in [-0.2, 0) is 11.2 Å². The van der Waals surface area contributed by atoms with E-state index in [2.05, 4.69) is 34.0 Å². The number of methoxy groups -OCH3 is 1. The van der Waals surface area contributed by atoms with E-state index in [0.29, 0.717) is 5.96 Å². The molecule has 1 aromatic rings. The van der Waals surface area contributed by atoms with Gasteiger partial charge < -0.3 is 20.3 Å². The zero-order chi connectivity index (χ0) is 20.6.